The number of rotatable bonds is 3. The summed E-state index contributed by atoms with van der Waals surface area (Å²) in [4.78, 5) is 14.5. The fourth-order valence-electron chi connectivity index (χ4n) is 2.46. The maximum Gasteiger partial charge on any atom is 0.176 e. The lowest BCUT2D eigenvalue weighted by Gasteiger charge is -2.37. The van der Waals surface area contributed by atoms with Crippen molar-refractivity contribution in [2.75, 3.05) is 26.2 Å². The van der Waals surface area contributed by atoms with E-state index < -0.39 is 0 Å². The number of Topliss-reactive ketones (excluding diaryl/α,β-unsaturated/α-hetero) is 1. The molecule has 0 spiro atoms. The molecular weight excluding hydrogens is 238 g/mol. The summed E-state index contributed by atoms with van der Waals surface area (Å²) in [6, 6.07) is 5.94. The molecule has 0 aromatic heterocycles. The van der Waals surface area contributed by atoms with Crippen molar-refractivity contribution < 1.29 is 9.53 Å². The molecule has 0 bridgehead atoms. The fraction of sp³-hybridized carbons (Fsp3) is 0.562. The molecule has 19 heavy (non-hydrogen) atoms. The topological polar surface area (TPSA) is 29.5 Å². The summed E-state index contributed by atoms with van der Waals surface area (Å²) < 4.78 is 5.66. The highest BCUT2D eigenvalue weighted by Gasteiger charge is 2.28. The fourth-order valence-corrected chi connectivity index (χ4v) is 2.46. The number of hydrogen-bond acceptors (Lipinski definition) is 3. The second kappa shape index (κ2) is 5.43. The molecule has 1 aromatic carbocycles. The monoisotopic (exact) mass is 261 g/mol. The van der Waals surface area contributed by atoms with Crippen LogP contribution in [-0.2, 0) is 4.74 Å². The molecule has 3 nitrogen and oxygen atoms in total. The summed E-state index contributed by atoms with van der Waals surface area (Å²) in [5.74, 6) is 0.195. The van der Waals surface area contributed by atoms with E-state index in [0.29, 0.717) is 13.2 Å². The van der Waals surface area contributed by atoms with Gasteiger partial charge in [-0.05, 0) is 44.9 Å². The molecule has 3 heteroatoms. The van der Waals surface area contributed by atoms with Gasteiger partial charge in [0, 0.05) is 18.7 Å². The van der Waals surface area contributed by atoms with Crippen LogP contribution in [0.5, 0.6) is 0 Å². The molecule has 0 N–H and O–H groups in total. The van der Waals surface area contributed by atoms with Crippen molar-refractivity contribution in [1.82, 2.24) is 4.90 Å². The molecular formula is C16H23NO2. The zero-order valence-corrected chi connectivity index (χ0v) is 12.3. The van der Waals surface area contributed by atoms with Crippen LogP contribution in [0.15, 0.2) is 18.2 Å². The molecule has 2 rings (SSSR count). The van der Waals surface area contributed by atoms with Crippen LogP contribution in [0, 0.1) is 13.8 Å². The molecule has 1 aliphatic rings. The second-order valence-corrected chi connectivity index (χ2v) is 6.04. The van der Waals surface area contributed by atoms with E-state index in [-0.39, 0.29) is 11.4 Å². The van der Waals surface area contributed by atoms with Crippen molar-refractivity contribution in [2.24, 2.45) is 0 Å². The molecule has 0 unspecified atom stereocenters. The van der Waals surface area contributed by atoms with Crippen LogP contribution in [0.3, 0.4) is 0 Å². The Morgan fingerprint density at radius 2 is 2.05 bits per heavy atom. The molecule has 1 heterocycles. The first-order valence-electron chi connectivity index (χ1n) is 6.84. The van der Waals surface area contributed by atoms with E-state index in [0.717, 1.165) is 18.7 Å². The van der Waals surface area contributed by atoms with E-state index in [1.807, 2.05) is 25.1 Å². The predicted octanol–water partition coefficient (Wildman–Crippen LogP) is 2.60. The highest BCUT2D eigenvalue weighted by atomic mass is 16.5. The maximum absolute atomic E-state index is 12.3. The lowest BCUT2D eigenvalue weighted by Crippen LogP contribution is -2.49. The Morgan fingerprint density at radius 3 is 2.68 bits per heavy atom. The lowest BCUT2D eigenvalue weighted by atomic mass is 10.0. The zero-order chi connectivity index (χ0) is 14.0. The van der Waals surface area contributed by atoms with E-state index in [1.165, 1.54) is 11.1 Å². The van der Waals surface area contributed by atoms with Crippen LogP contribution in [0.1, 0.15) is 35.3 Å². The molecule has 0 atom stereocenters. The van der Waals surface area contributed by atoms with Gasteiger partial charge < -0.3 is 4.74 Å². The van der Waals surface area contributed by atoms with E-state index in [9.17, 15) is 4.79 Å². The highest BCUT2D eigenvalue weighted by Crippen LogP contribution is 2.17. The summed E-state index contributed by atoms with van der Waals surface area (Å²) in [6.45, 7) is 11.1. The average molecular weight is 261 g/mol. The summed E-state index contributed by atoms with van der Waals surface area (Å²) in [6.07, 6.45) is 0. The Hall–Kier alpha value is -1.19. The minimum absolute atomic E-state index is 0.151. The third-order valence-electron chi connectivity index (χ3n) is 3.70. The highest BCUT2D eigenvalue weighted by molar-refractivity contribution is 5.97. The normalized spacial score (nSPS) is 19.4. The number of nitrogens with zero attached hydrogens (tertiary/aromatic N) is 1. The predicted molar refractivity (Wildman–Crippen MR) is 76.7 cm³/mol. The van der Waals surface area contributed by atoms with E-state index >= 15 is 0 Å². The standard InChI is InChI=1S/C16H23NO2/c1-12-5-6-14(9-13(12)2)15(18)10-17-7-8-19-16(3,4)11-17/h5-6,9H,7-8,10-11H2,1-4H3. The van der Waals surface area contributed by atoms with Gasteiger partial charge in [0.2, 0.25) is 0 Å². The minimum atomic E-state index is -0.151. The Bertz CT molecular complexity index is 480. The Labute approximate surface area is 115 Å². The third-order valence-corrected chi connectivity index (χ3v) is 3.70. The van der Waals surface area contributed by atoms with Gasteiger partial charge in [0.05, 0.1) is 18.8 Å². The molecule has 1 saturated heterocycles. The van der Waals surface area contributed by atoms with Gasteiger partial charge in [0.25, 0.3) is 0 Å². The molecule has 1 fully saturated rings. The summed E-state index contributed by atoms with van der Waals surface area (Å²) in [5, 5.41) is 0. The van der Waals surface area contributed by atoms with Crippen molar-refractivity contribution in [3.63, 3.8) is 0 Å². The Kier molecular flexibility index (Phi) is 4.07. The van der Waals surface area contributed by atoms with Crippen molar-refractivity contribution in [1.29, 1.82) is 0 Å². The third kappa shape index (κ3) is 3.64. The number of hydrogen-bond donors (Lipinski definition) is 0. The van der Waals surface area contributed by atoms with Crippen LogP contribution in [0.2, 0.25) is 0 Å². The first-order chi connectivity index (χ1) is 8.87. The van der Waals surface area contributed by atoms with Gasteiger partial charge in [-0.1, -0.05) is 12.1 Å². The second-order valence-electron chi connectivity index (χ2n) is 6.04. The Balaban J connectivity index is 2.02. The first-order valence-corrected chi connectivity index (χ1v) is 6.84. The summed E-state index contributed by atoms with van der Waals surface area (Å²) in [5.41, 5.74) is 3.06. The smallest absolute Gasteiger partial charge is 0.176 e. The van der Waals surface area contributed by atoms with E-state index in [2.05, 4.69) is 25.7 Å². The quantitative estimate of drug-likeness (QED) is 0.783. The van der Waals surface area contributed by atoms with Crippen LogP contribution in [0.25, 0.3) is 0 Å². The Morgan fingerprint density at radius 1 is 1.32 bits per heavy atom. The van der Waals surface area contributed by atoms with Gasteiger partial charge in [0.1, 0.15) is 0 Å². The first kappa shape index (κ1) is 14.2. The molecule has 0 amide bonds. The van der Waals surface area contributed by atoms with E-state index in [4.69, 9.17) is 4.74 Å². The molecule has 104 valence electrons. The van der Waals surface area contributed by atoms with Crippen LogP contribution in [-0.4, -0.2) is 42.5 Å². The van der Waals surface area contributed by atoms with Crippen molar-refractivity contribution in [2.45, 2.75) is 33.3 Å². The van der Waals surface area contributed by atoms with Gasteiger partial charge >= 0.3 is 0 Å². The van der Waals surface area contributed by atoms with Crippen LogP contribution >= 0.6 is 0 Å². The number of benzene rings is 1. The van der Waals surface area contributed by atoms with E-state index in [1.54, 1.807) is 0 Å². The number of carbonyl (C=O) groups excluding carboxylic acids is 1. The zero-order valence-electron chi connectivity index (χ0n) is 12.3. The van der Waals surface area contributed by atoms with Crippen molar-refractivity contribution >= 4 is 5.78 Å². The number of aryl methyl sites for hydroxylation is 2. The lowest BCUT2D eigenvalue weighted by molar-refractivity contribution is -0.0833. The number of carbonyl (C=O) groups is 1. The number of morpholine rings is 1. The SMILES string of the molecule is Cc1ccc(C(=O)CN2CCOC(C)(C)C2)cc1C. The van der Waals surface area contributed by atoms with Gasteiger partial charge in [-0.3, -0.25) is 9.69 Å². The molecule has 0 radical (unpaired) electrons. The van der Waals surface area contributed by atoms with Crippen molar-refractivity contribution in [3.8, 4) is 0 Å². The van der Waals surface area contributed by atoms with Crippen LogP contribution < -0.4 is 0 Å². The van der Waals surface area contributed by atoms with Gasteiger partial charge in [-0.25, -0.2) is 0 Å². The van der Waals surface area contributed by atoms with Crippen molar-refractivity contribution in [3.05, 3.63) is 34.9 Å². The molecule has 1 aliphatic heterocycles. The van der Waals surface area contributed by atoms with Gasteiger partial charge in [-0.2, -0.15) is 0 Å². The van der Waals surface area contributed by atoms with Gasteiger partial charge in [0.15, 0.2) is 5.78 Å². The largest absolute Gasteiger partial charge is 0.373 e. The summed E-state index contributed by atoms with van der Waals surface area (Å²) >= 11 is 0. The number of ketones is 1. The van der Waals surface area contributed by atoms with Crippen LogP contribution in [0.4, 0.5) is 0 Å². The molecule has 1 aromatic rings. The van der Waals surface area contributed by atoms with Gasteiger partial charge in [-0.15, -0.1) is 0 Å². The maximum atomic E-state index is 12.3. The molecule has 0 saturated carbocycles. The number of ether oxygens (including phenoxy) is 1. The minimum Gasteiger partial charge on any atom is -0.373 e. The molecule has 0 aliphatic carbocycles. The average Bonchev–Trinajstić information content (AvgIpc) is 2.31. The summed E-state index contributed by atoms with van der Waals surface area (Å²) in [7, 11) is 0.